The van der Waals surface area contributed by atoms with Crippen LogP contribution in [-0.2, 0) is 11.2 Å². The molecule has 0 aliphatic carbocycles. The third kappa shape index (κ3) is 2.90. The molecule has 3 nitrogen and oxygen atoms in total. The van der Waals surface area contributed by atoms with Gasteiger partial charge in [0.15, 0.2) is 5.78 Å². The maximum Gasteiger partial charge on any atom is 0.155 e. The summed E-state index contributed by atoms with van der Waals surface area (Å²) in [4.78, 5) is 16.4. The highest BCUT2D eigenvalue weighted by Gasteiger charge is 2.17. The Kier molecular flexibility index (Phi) is 3.57. The van der Waals surface area contributed by atoms with E-state index in [1.54, 1.807) is 11.7 Å². The van der Waals surface area contributed by atoms with Crippen molar-refractivity contribution in [3.8, 4) is 0 Å². The van der Waals surface area contributed by atoms with Crippen LogP contribution in [-0.4, -0.2) is 16.8 Å². The lowest BCUT2D eigenvalue weighted by atomic mass is 9.99. The summed E-state index contributed by atoms with van der Waals surface area (Å²) in [6.07, 6.45) is 2.14. The molecule has 1 aromatic rings. The Bertz CT molecular complexity index is 269. The number of carbonyl (C=O) groups excluding carboxylic acids is 1. The molecule has 0 bridgehead atoms. The minimum atomic E-state index is -0.345. The number of thiazole rings is 1. The van der Waals surface area contributed by atoms with Crippen molar-refractivity contribution in [3.63, 3.8) is 0 Å². The van der Waals surface area contributed by atoms with Gasteiger partial charge in [-0.1, -0.05) is 13.8 Å². The molecule has 72 valence electrons. The van der Waals surface area contributed by atoms with E-state index in [-0.39, 0.29) is 17.7 Å². The predicted molar refractivity (Wildman–Crippen MR) is 53.6 cm³/mol. The van der Waals surface area contributed by atoms with E-state index in [2.05, 4.69) is 4.98 Å². The van der Waals surface area contributed by atoms with E-state index in [4.69, 9.17) is 5.73 Å². The number of Topliss-reactive ketones (excluding diaryl/α,β-unsaturated/α-hetero) is 1. The van der Waals surface area contributed by atoms with E-state index in [9.17, 15) is 4.79 Å². The molecule has 0 aliphatic rings. The van der Waals surface area contributed by atoms with Crippen LogP contribution in [0.2, 0.25) is 0 Å². The largest absolute Gasteiger partial charge is 0.321 e. The van der Waals surface area contributed by atoms with Crippen molar-refractivity contribution in [2.75, 3.05) is 0 Å². The number of carbonyl (C=O) groups is 1. The highest BCUT2D eigenvalue weighted by Crippen LogP contribution is 2.09. The normalized spacial score (nSPS) is 13.2. The fraction of sp³-hybridized carbons (Fsp3) is 0.556. The molecule has 1 heterocycles. The number of hydrogen-bond acceptors (Lipinski definition) is 4. The van der Waals surface area contributed by atoms with E-state index >= 15 is 0 Å². The first-order valence-corrected chi connectivity index (χ1v) is 5.15. The zero-order chi connectivity index (χ0) is 9.84. The summed E-state index contributed by atoms with van der Waals surface area (Å²) in [7, 11) is 0. The molecular formula is C9H14N2OS. The number of hydrogen-bond donors (Lipinski definition) is 1. The first-order valence-electron chi connectivity index (χ1n) is 4.27. The Hall–Kier alpha value is -0.740. The summed E-state index contributed by atoms with van der Waals surface area (Å²) in [6.45, 7) is 3.91. The Morgan fingerprint density at radius 2 is 2.38 bits per heavy atom. The van der Waals surface area contributed by atoms with Crippen LogP contribution in [0.25, 0.3) is 0 Å². The van der Waals surface area contributed by atoms with Gasteiger partial charge in [0.25, 0.3) is 0 Å². The van der Waals surface area contributed by atoms with Gasteiger partial charge in [-0.2, -0.15) is 0 Å². The number of ketones is 1. The average molecular weight is 198 g/mol. The Morgan fingerprint density at radius 3 is 2.85 bits per heavy atom. The van der Waals surface area contributed by atoms with Crippen molar-refractivity contribution in [2.45, 2.75) is 26.3 Å². The molecule has 1 unspecified atom stereocenters. The van der Waals surface area contributed by atoms with Gasteiger partial charge in [0.1, 0.15) is 0 Å². The summed E-state index contributed by atoms with van der Waals surface area (Å²) in [5.74, 6) is 0.305. The highest BCUT2D eigenvalue weighted by atomic mass is 32.1. The van der Waals surface area contributed by atoms with Crippen molar-refractivity contribution in [2.24, 2.45) is 11.7 Å². The van der Waals surface area contributed by atoms with Gasteiger partial charge < -0.3 is 5.73 Å². The lowest BCUT2D eigenvalue weighted by Crippen LogP contribution is -2.36. The van der Waals surface area contributed by atoms with Gasteiger partial charge in [0.2, 0.25) is 0 Å². The molecule has 0 saturated heterocycles. The molecule has 2 N–H and O–H groups in total. The average Bonchev–Trinajstić information content (AvgIpc) is 2.55. The zero-order valence-electron chi connectivity index (χ0n) is 7.86. The van der Waals surface area contributed by atoms with E-state index in [0.29, 0.717) is 6.42 Å². The SMILES string of the molecule is CC(C)C(N)C(=O)Cc1cncs1. The standard InChI is InChI=1S/C9H14N2OS/c1-6(2)9(10)8(12)3-7-4-11-5-13-7/h4-6,9H,3,10H2,1-2H3. The third-order valence-electron chi connectivity index (χ3n) is 1.92. The molecule has 0 spiro atoms. The third-order valence-corrected chi connectivity index (χ3v) is 2.70. The van der Waals surface area contributed by atoms with Gasteiger partial charge in [-0.05, 0) is 5.92 Å². The lowest BCUT2D eigenvalue weighted by Gasteiger charge is -2.12. The molecule has 0 amide bonds. The molecule has 1 aromatic heterocycles. The van der Waals surface area contributed by atoms with Crippen LogP contribution in [0.5, 0.6) is 0 Å². The zero-order valence-corrected chi connectivity index (χ0v) is 8.67. The van der Waals surface area contributed by atoms with Gasteiger partial charge >= 0.3 is 0 Å². The van der Waals surface area contributed by atoms with Crippen LogP contribution >= 0.6 is 11.3 Å². The molecule has 0 fully saturated rings. The van der Waals surface area contributed by atoms with Gasteiger partial charge in [-0.25, -0.2) is 0 Å². The van der Waals surface area contributed by atoms with Crippen molar-refractivity contribution in [3.05, 3.63) is 16.6 Å². The van der Waals surface area contributed by atoms with Crippen LogP contribution in [0.3, 0.4) is 0 Å². The Morgan fingerprint density at radius 1 is 1.69 bits per heavy atom. The number of rotatable bonds is 4. The second-order valence-corrected chi connectivity index (χ2v) is 4.35. The molecule has 13 heavy (non-hydrogen) atoms. The van der Waals surface area contributed by atoms with Crippen LogP contribution in [0, 0.1) is 5.92 Å². The van der Waals surface area contributed by atoms with Crippen molar-refractivity contribution < 1.29 is 4.79 Å². The van der Waals surface area contributed by atoms with Crippen molar-refractivity contribution in [1.82, 2.24) is 4.98 Å². The Labute approximate surface area is 82.0 Å². The predicted octanol–water partition coefficient (Wildman–Crippen LogP) is 1.24. The second-order valence-electron chi connectivity index (χ2n) is 3.38. The summed E-state index contributed by atoms with van der Waals surface area (Å²) in [5, 5.41) is 0. The number of nitrogens with zero attached hydrogens (tertiary/aromatic N) is 1. The summed E-state index contributed by atoms with van der Waals surface area (Å²) >= 11 is 1.49. The molecule has 0 saturated carbocycles. The molecule has 0 radical (unpaired) electrons. The Balaban J connectivity index is 2.51. The van der Waals surface area contributed by atoms with Gasteiger partial charge in [-0.15, -0.1) is 11.3 Å². The summed E-state index contributed by atoms with van der Waals surface area (Å²) in [6, 6.07) is -0.345. The van der Waals surface area contributed by atoms with Crippen molar-refractivity contribution in [1.29, 1.82) is 0 Å². The van der Waals surface area contributed by atoms with E-state index in [1.165, 1.54) is 11.3 Å². The van der Waals surface area contributed by atoms with Crippen molar-refractivity contribution >= 4 is 17.1 Å². The minimum Gasteiger partial charge on any atom is -0.321 e. The van der Waals surface area contributed by atoms with Crippen LogP contribution in [0.4, 0.5) is 0 Å². The molecule has 0 aliphatic heterocycles. The number of nitrogens with two attached hydrogens (primary N) is 1. The summed E-state index contributed by atoms with van der Waals surface area (Å²) < 4.78 is 0. The fourth-order valence-corrected chi connectivity index (χ4v) is 1.60. The maximum atomic E-state index is 11.5. The topological polar surface area (TPSA) is 56.0 Å². The number of aromatic nitrogens is 1. The smallest absolute Gasteiger partial charge is 0.155 e. The lowest BCUT2D eigenvalue weighted by molar-refractivity contribution is -0.120. The van der Waals surface area contributed by atoms with Crippen LogP contribution in [0.1, 0.15) is 18.7 Å². The highest BCUT2D eigenvalue weighted by molar-refractivity contribution is 7.09. The van der Waals surface area contributed by atoms with E-state index in [0.717, 1.165) is 4.88 Å². The maximum absolute atomic E-state index is 11.5. The monoisotopic (exact) mass is 198 g/mol. The van der Waals surface area contributed by atoms with Gasteiger partial charge in [0.05, 0.1) is 11.6 Å². The summed E-state index contributed by atoms with van der Waals surface area (Å²) in [5.41, 5.74) is 7.44. The van der Waals surface area contributed by atoms with Gasteiger partial charge in [-0.3, -0.25) is 9.78 Å². The minimum absolute atomic E-state index is 0.0965. The van der Waals surface area contributed by atoms with Crippen LogP contribution in [0.15, 0.2) is 11.7 Å². The first kappa shape index (κ1) is 10.3. The molecule has 1 atom stereocenters. The molecular weight excluding hydrogens is 184 g/mol. The van der Waals surface area contributed by atoms with Gasteiger partial charge in [0, 0.05) is 17.5 Å². The quantitative estimate of drug-likeness (QED) is 0.792. The second kappa shape index (κ2) is 4.48. The van der Waals surface area contributed by atoms with Crippen LogP contribution < -0.4 is 5.73 Å². The molecule has 1 rings (SSSR count). The van der Waals surface area contributed by atoms with E-state index in [1.807, 2.05) is 13.8 Å². The first-order chi connectivity index (χ1) is 6.11. The molecule has 0 aromatic carbocycles. The molecule has 4 heteroatoms. The van der Waals surface area contributed by atoms with E-state index < -0.39 is 0 Å². The fourth-order valence-electron chi connectivity index (χ4n) is 0.991.